The molecule has 2 aromatic rings. The minimum Gasteiger partial charge on any atom is -0.494 e. The normalized spacial score (nSPS) is 21.9. The van der Waals surface area contributed by atoms with Gasteiger partial charge in [0.15, 0.2) is 0 Å². The maximum absolute atomic E-state index is 12.4. The maximum Gasteiger partial charge on any atom is 0.343 e. The van der Waals surface area contributed by atoms with Gasteiger partial charge in [-0.15, -0.1) is 0 Å². The van der Waals surface area contributed by atoms with E-state index in [0.717, 1.165) is 17.6 Å². The van der Waals surface area contributed by atoms with Crippen molar-refractivity contribution in [1.29, 1.82) is 0 Å². The van der Waals surface area contributed by atoms with Gasteiger partial charge < -0.3 is 9.47 Å². The molecule has 0 unspecified atom stereocenters. The Morgan fingerprint density at radius 3 is 2.25 bits per heavy atom. The summed E-state index contributed by atoms with van der Waals surface area (Å²) in [4.78, 5) is 12.4. The van der Waals surface area contributed by atoms with Gasteiger partial charge in [-0.2, -0.15) is 0 Å². The fraction of sp³-hybridized carbons (Fsp3) is 0.480. The third-order valence-corrected chi connectivity index (χ3v) is 5.97. The van der Waals surface area contributed by atoms with E-state index < -0.39 is 0 Å². The van der Waals surface area contributed by atoms with E-state index in [2.05, 4.69) is 26.0 Å². The van der Waals surface area contributed by atoms with Crippen molar-refractivity contribution in [3.05, 3.63) is 59.7 Å². The van der Waals surface area contributed by atoms with Gasteiger partial charge in [0.1, 0.15) is 11.5 Å². The molecule has 3 heteroatoms. The van der Waals surface area contributed by atoms with E-state index in [1.54, 1.807) is 12.1 Å². The Morgan fingerprint density at radius 1 is 0.964 bits per heavy atom. The standard InChI is InChI=1S/C25H32O3/c1-4-6-19-7-12-22(17-18(19)3)20-8-10-21(11-9-20)25(26)28-24-15-13-23(14-16-24)27-5-2/h8-11,13-16,18-19,22H,4-7,12,17H2,1-3H3/t18-,19-,22+/m0/s1. The summed E-state index contributed by atoms with van der Waals surface area (Å²) in [5.74, 6) is 3.25. The fourth-order valence-corrected chi connectivity index (χ4v) is 4.39. The van der Waals surface area contributed by atoms with Gasteiger partial charge in [0.25, 0.3) is 0 Å². The zero-order valence-corrected chi connectivity index (χ0v) is 17.3. The number of benzene rings is 2. The van der Waals surface area contributed by atoms with E-state index in [-0.39, 0.29) is 5.97 Å². The van der Waals surface area contributed by atoms with Crippen molar-refractivity contribution in [2.75, 3.05) is 6.61 Å². The average molecular weight is 381 g/mol. The van der Waals surface area contributed by atoms with Crippen LogP contribution in [0.4, 0.5) is 0 Å². The van der Waals surface area contributed by atoms with Crippen LogP contribution in [-0.4, -0.2) is 12.6 Å². The minimum absolute atomic E-state index is 0.323. The number of ether oxygens (including phenoxy) is 2. The molecular weight excluding hydrogens is 348 g/mol. The maximum atomic E-state index is 12.4. The number of esters is 1. The lowest BCUT2D eigenvalue weighted by Crippen LogP contribution is -2.21. The Hall–Kier alpha value is -2.29. The Balaban J connectivity index is 1.58. The highest BCUT2D eigenvalue weighted by atomic mass is 16.5. The molecule has 0 aromatic heterocycles. The van der Waals surface area contributed by atoms with Gasteiger partial charge in [0.05, 0.1) is 12.2 Å². The molecule has 1 fully saturated rings. The summed E-state index contributed by atoms with van der Waals surface area (Å²) in [5.41, 5.74) is 1.93. The molecule has 1 saturated carbocycles. The molecule has 0 amide bonds. The predicted octanol–water partition coefficient (Wildman–Crippen LogP) is 6.62. The van der Waals surface area contributed by atoms with Crippen LogP contribution < -0.4 is 9.47 Å². The first-order valence-corrected chi connectivity index (χ1v) is 10.7. The average Bonchev–Trinajstić information content (AvgIpc) is 2.71. The summed E-state index contributed by atoms with van der Waals surface area (Å²) < 4.78 is 10.9. The van der Waals surface area contributed by atoms with Crippen LogP contribution in [0, 0.1) is 11.8 Å². The van der Waals surface area contributed by atoms with Crippen molar-refractivity contribution in [1.82, 2.24) is 0 Å². The van der Waals surface area contributed by atoms with Crippen molar-refractivity contribution in [3.63, 3.8) is 0 Å². The second-order valence-electron chi connectivity index (χ2n) is 7.95. The molecule has 0 aliphatic heterocycles. The first-order chi connectivity index (χ1) is 13.6. The molecule has 0 saturated heterocycles. The topological polar surface area (TPSA) is 35.5 Å². The van der Waals surface area contributed by atoms with Crippen molar-refractivity contribution in [3.8, 4) is 11.5 Å². The molecule has 0 radical (unpaired) electrons. The lowest BCUT2D eigenvalue weighted by Gasteiger charge is -2.34. The Labute approximate surface area is 169 Å². The van der Waals surface area contributed by atoms with E-state index in [9.17, 15) is 4.79 Å². The Kier molecular flexibility index (Phi) is 7.13. The van der Waals surface area contributed by atoms with Crippen LogP contribution >= 0.6 is 0 Å². The Bertz CT molecular complexity index is 748. The van der Waals surface area contributed by atoms with Crippen molar-refractivity contribution in [2.45, 2.75) is 58.8 Å². The van der Waals surface area contributed by atoms with Crippen LogP contribution in [0.5, 0.6) is 11.5 Å². The smallest absolute Gasteiger partial charge is 0.343 e. The molecule has 1 aliphatic rings. The van der Waals surface area contributed by atoms with Crippen molar-refractivity contribution >= 4 is 5.97 Å². The largest absolute Gasteiger partial charge is 0.494 e. The van der Waals surface area contributed by atoms with E-state index in [1.165, 1.54) is 37.7 Å². The van der Waals surface area contributed by atoms with E-state index in [4.69, 9.17) is 9.47 Å². The second-order valence-corrected chi connectivity index (χ2v) is 7.95. The monoisotopic (exact) mass is 380 g/mol. The van der Waals surface area contributed by atoms with Crippen molar-refractivity contribution < 1.29 is 14.3 Å². The number of carbonyl (C=O) groups is 1. The van der Waals surface area contributed by atoms with Crippen LogP contribution in [0.25, 0.3) is 0 Å². The molecule has 0 heterocycles. The molecule has 150 valence electrons. The third kappa shape index (κ3) is 5.15. The van der Waals surface area contributed by atoms with Crippen LogP contribution in [0.2, 0.25) is 0 Å². The SMILES string of the molecule is CCC[C@H]1CC[C@@H](c2ccc(C(=O)Oc3ccc(OCC)cc3)cc2)C[C@@H]1C. The van der Waals surface area contributed by atoms with Gasteiger partial charge in [-0.1, -0.05) is 38.8 Å². The summed E-state index contributed by atoms with van der Waals surface area (Å²) in [6.07, 6.45) is 6.46. The summed E-state index contributed by atoms with van der Waals surface area (Å²) in [6, 6.07) is 15.1. The minimum atomic E-state index is -0.323. The highest BCUT2D eigenvalue weighted by Crippen LogP contribution is 2.41. The van der Waals surface area contributed by atoms with Crippen molar-refractivity contribution in [2.24, 2.45) is 11.8 Å². The molecule has 3 rings (SSSR count). The summed E-state index contributed by atoms with van der Waals surface area (Å²) >= 11 is 0. The highest BCUT2D eigenvalue weighted by Gasteiger charge is 2.27. The van der Waals surface area contributed by atoms with Crippen LogP contribution in [0.15, 0.2) is 48.5 Å². The van der Waals surface area contributed by atoms with E-state index in [0.29, 0.717) is 23.8 Å². The van der Waals surface area contributed by atoms with Gasteiger partial charge in [0.2, 0.25) is 0 Å². The molecule has 3 nitrogen and oxygen atoms in total. The fourth-order valence-electron chi connectivity index (χ4n) is 4.39. The molecular formula is C25H32O3. The number of hydrogen-bond donors (Lipinski definition) is 0. The lowest BCUT2D eigenvalue weighted by molar-refractivity contribution is 0.0734. The number of hydrogen-bond acceptors (Lipinski definition) is 3. The van der Waals surface area contributed by atoms with Gasteiger partial charge in [-0.3, -0.25) is 0 Å². The van der Waals surface area contributed by atoms with Crippen LogP contribution in [-0.2, 0) is 0 Å². The van der Waals surface area contributed by atoms with Gasteiger partial charge in [-0.25, -0.2) is 4.79 Å². The third-order valence-electron chi connectivity index (χ3n) is 5.97. The molecule has 28 heavy (non-hydrogen) atoms. The van der Waals surface area contributed by atoms with Crippen LogP contribution in [0.3, 0.4) is 0 Å². The van der Waals surface area contributed by atoms with Gasteiger partial charge in [0, 0.05) is 0 Å². The van der Waals surface area contributed by atoms with E-state index in [1.807, 2.05) is 31.2 Å². The summed E-state index contributed by atoms with van der Waals surface area (Å²) in [5, 5.41) is 0. The van der Waals surface area contributed by atoms with Gasteiger partial charge >= 0.3 is 5.97 Å². The lowest BCUT2D eigenvalue weighted by atomic mass is 9.71. The predicted molar refractivity (Wildman–Crippen MR) is 113 cm³/mol. The van der Waals surface area contributed by atoms with E-state index >= 15 is 0 Å². The second kappa shape index (κ2) is 9.77. The number of carbonyl (C=O) groups excluding carboxylic acids is 1. The molecule has 0 bridgehead atoms. The quantitative estimate of drug-likeness (QED) is 0.400. The summed E-state index contributed by atoms with van der Waals surface area (Å²) in [6.45, 7) is 7.23. The molecule has 3 atom stereocenters. The number of rotatable bonds is 7. The first-order valence-electron chi connectivity index (χ1n) is 10.7. The molecule has 2 aromatic carbocycles. The van der Waals surface area contributed by atoms with Crippen LogP contribution in [0.1, 0.15) is 74.7 Å². The highest BCUT2D eigenvalue weighted by molar-refractivity contribution is 5.91. The first kappa shape index (κ1) is 20.4. The molecule has 1 aliphatic carbocycles. The van der Waals surface area contributed by atoms with Gasteiger partial charge in [-0.05, 0) is 85.9 Å². The zero-order chi connectivity index (χ0) is 19.9. The molecule has 0 N–H and O–H groups in total. The Morgan fingerprint density at radius 2 is 1.64 bits per heavy atom. The zero-order valence-electron chi connectivity index (χ0n) is 17.3. The molecule has 0 spiro atoms. The summed E-state index contributed by atoms with van der Waals surface area (Å²) in [7, 11) is 0.